The van der Waals surface area contributed by atoms with E-state index in [1.54, 1.807) is 17.1 Å². The maximum absolute atomic E-state index is 14.5. The molecule has 1 spiro atoms. The molecule has 9 heteroatoms. The first-order chi connectivity index (χ1) is 19.3. The number of esters is 1. The number of likely N-dealkylation sites (tertiary alicyclic amines) is 1. The van der Waals surface area contributed by atoms with Crippen LogP contribution in [0.3, 0.4) is 0 Å². The van der Waals surface area contributed by atoms with Crippen LogP contribution in [-0.4, -0.2) is 84.4 Å². The number of aliphatic hydroxyl groups is 1. The number of hydrogen-bond donors (Lipinski definition) is 1. The number of β-amino-alcohol motifs (C(OH)–C–C–N with tert-alkyl or cyclic N) is 1. The first-order valence-corrected chi connectivity index (χ1v) is 14.4. The Bertz CT molecular complexity index is 1120. The molecule has 1 aromatic rings. The van der Waals surface area contributed by atoms with Gasteiger partial charge in [-0.05, 0) is 63.8 Å². The molecule has 40 heavy (non-hydrogen) atoms. The van der Waals surface area contributed by atoms with E-state index >= 15 is 0 Å². The third-order valence-corrected chi connectivity index (χ3v) is 8.94. The number of amides is 2. The summed E-state index contributed by atoms with van der Waals surface area (Å²) in [5.74, 6) is -2.80. The summed E-state index contributed by atoms with van der Waals surface area (Å²) in [7, 11) is 0. The van der Waals surface area contributed by atoms with E-state index in [0.717, 1.165) is 18.8 Å². The number of hydrogen-bond acceptors (Lipinski definition) is 7. The predicted molar refractivity (Wildman–Crippen MR) is 154 cm³/mol. The predicted octanol–water partition coefficient (Wildman–Crippen LogP) is 3.32. The summed E-state index contributed by atoms with van der Waals surface area (Å²) in [6.07, 6.45) is 5.36. The molecule has 1 N–H and O–H groups in total. The average molecular weight is 554 g/mol. The lowest BCUT2D eigenvalue weighted by Gasteiger charge is -2.36. The summed E-state index contributed by atoms with van der Waals surface area (Å²) in [4.78, 5) is 47.2. The minimum atomic E-state index is -1.18. The minimum Gasteiger partial charge on any atom is -0.465 e. The van der Waals surface area contributed by atoms with E-state index in [1.807, 2.05) is 31.2 Å². The van der Waals surface area contributed by atoms with Crippen molar-refractivity contribution in [1.29, 1.82) is 0 Å². The number of rotatable bonds is 14. The molecule has 1 aromatic carbocycles. The van der Waals surface area contributed by atoms with Crippen LogP contribution >= 0.6 is 0 Å². The molecule has 0 aromatic heterocycles. The van der Waals surface area contributed by atoms with Gasteiger partial charge in [-0.3, -0.25) is 14.4 Å². The first-order valence-electron chi connectivity index (χ1n) is 14.4. The van der Waals surface area contributed by atoms with Gasteiger partial charge in [-0.1, -0.05) is 19.1 Å². The summed E-state index contributed by atoms with van der Waals surface area (Å²) in [5.41, 5.74) is -0.321. The van der Waals surface area contributed by atoms with Crippen molar-refractivity contribution in [1.82, 2.24) is 4.90 Å². The van der Waals surface area contributed by atoms with Gasteiger partial charge in [0.25, 0.3) is 5.91 Å². The fraction of sp³-hybridized carbons (Fsp3) is 0.581. The summed E-state index contributed by atoms with van der Waals surface area (Å²) in [5, 5.41) is 9.90. The van der Waals surface area contributed by atoms with Gasteiger partial charge in [0.15, 0.2) is 0 Å². The Morgan fingerprint density at radius 3 is 2.38 bits per heavy atom. The van der Waals surface area contributed by atoms with Crippen LogP contribution in [0.5, 0.6) is 0 Å². The number of ether oxygens (including phenoxy) is 2. The highest BCUT2D eigenvalue weighted by atomic mass is 16.6. The van der Waals surface area contributed by atoms with Gasteiger partial charge in [-0.15, -0.1) is 13.2 Å². The smallest absolute Gasteiger partial charge is 0.312 e. The Labute approximate surface area is 237 Å². The van der Waals surface area contributed by atoms with Crippen LogP contribution in [0.25, 0.3) is 0 Å². The van der Waals surface area contributed by atoms with E-state index < -0.39 is 35.0 Å². The normalized spacial score (nSPS) is 28.4. The maximum Gasteiger partial charge on any atom is 0.312 e. The van der Waals surface area contributed by atoms with Gasteiger partial charge in [-0.25, -0.2) is 0 Å². The molecule has 9 nitrogen and oxygen atoms in total. The Morgan fingerprint density at radius 2 is 1.80 bits per heavy atom. The van der Waals surface area contributed by atoms with Gasteiger partial charge < -0.3 is 29.3 Å². The zero-order chi connectivity index (χ0) is 29.1. The van der Waals surface area contributed by atoms with Gasteiger partial charge in [0.1, 0.15) is 17.6 Å². The molecule has 3 aliphatic rings. The molecule has 2 unspecified atom stereocenters. The first kappa shape index (κ1) is 29.8. The lowest BCUT2D eigenvalue weighted by atomic mass is 9.65. The van der Waals surface area contributed by atoms with Gasteiger partial charge >= 0.3 is 5.97 Å². The van der Waals surface area contributed by atoms with E-state index in [-0.39, 0.29) is 38.1 Å². The Kier molecular flexibility index (Phi) is 9.05. The number of carbonyl (C=O) groups is 3. The van der Waals surface area contributed by atoms with Crippen LogP contribution in [-0.2, 0) is 23.9 Å². The third kappa shape index (κ3) is 4.73. The second-order valence-electron chi connectivity index (χ2n) is 10.8. The van der Waals surface area contributed by atoms with Crippen LogP contribution < -0.4 is 9.80 Å². The lowest BCUT2D eigenvalue weighted by Crippen LogP contribution is -2.56. The lowest BCUT2D eigenvalue weighted by molar-refractivity contribution is -0.160. The highest BCUT2D eigenvalue weighted by Gasteiger charge is 2.79. The molecule has 3 heterocycles. The van der Waals surface area contributed by atoms with E-state index in [9.17, 15) is 19.5 Å². The quantitative estimate of drug-likeness (QED) is 0.214. The number of aliphatic hydroxyl groups excluding tert-OH is 1. The van der Waals surface area contributed by atoms with Gasteiger partial charge in [0.05, 0.1) is 24.7 Å². The second-order valence-corrected chi connectivity index (χ2v) is 10.8. The number of anilines is 2. The van der Waals surface area contributed by atoms with Crippen LogP contribution in [0.1, 0.15) is 46.5 Å². The molecular weight excluding hydrogens is 510 g/mol. The summed E-state index contributed by atoms with van der Waals surface area (Å²) < 4.78 is 12.3. The Balaban J connectivity index is 1.73. The molecule has 218 valence electrons. The van der Waals surface area contributed by atoms with Crippen molar-refractivity contribution < 1.29 is 29.0 Å². The molecule has 0 aliphatic carbocycles. The molecular formula is C31H43N3O6. The molecule has 3 aliphatic heterocycles. The number of nitrogens with zero attached hydrogens (tertiary/aromatic N) is 3. The van der Waals surface area contributed by atoms with Crippen molar-refractivity contribution in [3.63, 3.8) is 0 Å². The number of benzene rings is 1. The monoisotopic (exact) mass is 553 g/mol. The molecule has 2 bridgehead atoms. The molecule has 5 atom stereocenters. The zero-order valence-electron chi connectivity index (χ0n) is 24.0. The van der Waals surface area contributed by atoms with Gasteiger partial charge in [-0.2, -0.15) is 0 Å². The van der Waals surface area contributed by atoms with Crippen molar-refractivity contribution in [3.8, 4) is 0 Å². The highest BCUT2D eigenvalue weighted by Crippen LogP contribution is 2.64. The zero-order valence-corrected chi connectivity index (χ0v) is 24.0. The largest absolute Gasteiger partial charge is 0.465 e. The van der Waals surface area contributed by atoms with E-state index in [1.165, 1.54) is 4.90 Å². The van der Waals surface area contributed by atoms with Crippen molar-refractivity contribution in [3.05, 3.63) is 49.6 Å². The summed E-state index contributed by atoms with van der Waals surface area (Å²) in [6, 6.07) is 6.78. The second kappa shape index (κ2) is 12.1. The number of fused-ring (bicyclic) bond motifs is 1. The van der Waals surface area contributed by atoms with Crippen molar-refractivity contribution in [2.24, 2.45) is 11.8 Å². The maximum atomic E-state index is 14.5. The van der Waals surface area contributed by atoms with Crippen LogP contribution in [0.2, 0.25) is 0 Å². The molecule has 4 rings (SSSR count). The van der Waals surface area contributed by atoms with E-state index in [2.05, 4.69) is 31.9 Å². The van der Waals surface area contributed by atoms with Crippen molar-refractivity contribution >= 4 is 29.2 Å². The Morgan fingerprint density at radius 1 is 1.12 bits per heavy atom. The van der Waals surface area contributed by atoms with Crippen LogP contribution in [0.15, 0.2) is 49.6 Å². The average Bonchev–Trinajstić information content (AvgIpc) is 3.56. The van der Waals surface area contributed by atoms with Crippen molar-refractivity contribution in [2.75, 3.05) is 49.2 Å². The number of carbonyl (C=O) groups excluding carboxylic acids is 3. The highest BCUT2D eigenvalue weighted by molar-refractivity contribution is 6.05. The van der Waals surface area contributed by atoms with E-state index in [4.69, 9.17) is 9.47 Å². The fourth-order valence-electron chi connectivity index (χ4n) is 7.07. The Hall–Kier alpha value is -3.17. The SMILES string of the molecule is C=CCCOC(=O)[C@H]1[C@H]2C(=O)N(CCO)C(C(=O)N(CC=C)c3ccc(N(CC)CC)cc3)C23CC[C@]1(CC)O3. The van der Waals surface area contributed by atoms with Crippen LogP contribution in [0, 0.1) is 11.8 Å². The van der Waals surface area contributed by atoms with E-state index in [0.29, 0.717) is 31.4 Å². The third-order valence-electron chi connectivity index (χ3n) is 8.94. The molecule has 3 saturated heterocycles. The molecule has 2 amide bonds. The topological polar surface area (TPSA) is 99.6 Å². The summed E-state index contributed by atoms with van der Waals surface area (Å²) in [6.45, 7) is 15.5. The molecule has 3 fully saturated rings. The minimum absolute atomic E-state index is 0.0307. The molecule has 0 radical (unpaired) electrons. The van der Waals surface area contributed by atoms with Gasteiger partial charge in [0.2, 0.25) is 5.91 Å². The van der Waals surface area contributed by atoms with Gasteiger partial charge in [0, 0.05) is 37.6 Å². The summed E-state index contributed by atoms with van der Waals surface area (Å²) >= 11 is 0. The van der Waals surface area contributed by atoms with Crippen LogP contribution in [0.4, 0.5) is 11.4 Å². The standard InChI is InChI=1S/C31H43N3O6/c1-6-11-21-39-29(38)25-24-27(36)34(19-20-35)26(31(24)17-16-30(25,8-3)40-31)28(37)33(18-7-2)23-14-12-22(13-15-23)32(9-4)10-5/h6-7,12-15,24-26,35H,1-2,8-11,16-21H2,3-5H3/t24-,25+,26?,30-,31?/m0/s1. The fourth-order valence-corrected chi connectivity index (χ4v) is 7.07. The molecule has 0 saturated carbocycles. The van der Waals surface area contributed by atoms with Crippen molar-refractivity contribution in [2.45, 2.75) is 63.7 Å².